The second kappa shape index (κ2) is 11.3. The van der Waals surface area contributed by atoms with E-state index in [0.717, 1.165) is 24.2 Å². The second-order valence-electron chi connectivity index (χ2n) is 5.83. The van der Waals surface area contributed by atoms with Gasteiger partial charge in [-0.25, -0.2) is 0 Å². The molecule has 4 nitrogen and oxygen atoms in total. The first kappa shape index (κ1) is 21.7. The number of benzene rings is 2. The Morgan fingerprint density at radius 2 is 1.41 bits per heavy atom. The maximum atomic E-state index is 6.14. The summed E-state index contributed by atoms with van der Waals surface area (Å²) in [5.41, 5.74) is 1.57. The molecule has 1 atom stereocenters. The average molecular weight is 441 g/mol. The van der Waals surface area contributed by atoms with Crippen molar-refractivity contribution in [2.24, 2.45) is 0 Å². The molecule has 0 aliphatic carbocycles. The van der Waals surface area contributed by atoms with Crippen LogP contribution in [0.25, 0.3) is 0 Å². The van der Waals surface area contributed by atoms with Crippen LogP contribution in [0.15, 0.2) is 48.5 Å². The summed E-state index contributed by atoms with van der Waals surface area (Å²) in [6.07, 6.45) is 1.78. The van der Waals surface area contributed by atoms with Gasteiger partial charge in [-0.2, -0.15) is 0 Å². The molecular weight excluding hydrogens is 419 g/mol. The second-order valence-corrected chi connectivity index (χ2v) is 7.46. The summed E-state index contributed by atoms with van der Waals surface area (Å²) in [4.78, 5) is 0. The molecule has 4 N–H and O–H groups in total. The van der Waals surface area contributed by atoms with Crippen LogP contribution in [0, 0.1) is 0 Å². The molecule has 0 aliphatic heterocycles. The summed E-state index contributed by atoms with van der Waals surface area (Å²) in [5, 5.41) is 15.1. The Balaban J connectivity index is 1.74. The Morgan fingerprint density at radius 3 is 1.93 bits per heavy atom. The number of hydrogen-bond donors (Lipinski definition) is 4. The Hall–Kier alpha value is -1.60. The Morgan fingerprint density at radius 1 is 0.889 bits per heavy atom. The van der Waals surface area contributed by atoms with Crippen molar-refractivity contribution in [2.75, 3.05) is 17.2 Å². The minimum absolute atomic E-state index is 0.211. The van der Waals surface area contributed by atoms with Gasteiger partial charge in [0.25, 0.3) is 0 Å². The summed E-state index contributed by atoms with van der Waals surface area (Å²) in [5.74, 6) is 0. The summed E-state index contributed by atoms with van der Waals surface area (Å²) in [6, 6.07) is 15.2. The molecule has 0 heterocycles. The standard InChI is InChI=1S/C19H22Cl2N4S2/c1-2-13(23-19(27)25-17-10-6-4-8-15(17)21)11-12-22-18(26)24-16-9-5-3-7-14(16)20/h3-10,13H,2,11-12H2,1H3,(H2,22,24,26)(H2,23,25,27). The molecule has 0 amide bonds. The molecule has 0 aliphatic rings. The minimum atomic E-state index is 0.211. The highest BCUT2D eigenvalue weighted by atomic mass is 35.5. The van der Waals surface area contributed by atoms with E-state index in [2.05, 4.69) is 28.2 Å². The van der Waals surface area contributed by atoms with Crippen molar-refractivity contribution in [3.8, 4) is 0 Å². The molecule has 27 heavy (non-hydrogen) atoms. The average Bonchev–Trinajstić information content (AvgIpc) is 2.64. The van der Waals surface area contributed by atoms with Gasteiger partial charge in [0.15, 0.2) is 10.2 Å². The van der Waals surface area contributed by atoms with Gasteiger partial charge < -0.3 is 21.3 Å². The van der Waals surface area contributed by atoms with Crippen LogP contribution < -0.4 is 21.3 Å². The maximum absolute atomic E-state index is 6.14. The molecule has 8 heteroatoms. The van der Waals surface area contributed by atoms with E-state index in [0.29, 0.717) is 26.8 Å². The van der Waals surface area contributed by atoms with Gasteiger partial charge in [-0.3, -0.25) is 0 Å². The van der Waals surface area contributed by atoms with E-state index in [1.807, 2.05) is 48.5 Å². The van der Waals surface area contributed by atoms with Crippen LogP contribution >= 0.6 is 47.6 Å². The highest BCUT2D eigenvalue weighted by Gasteiger charge is 2.09. The topological polar surface area (TPSA) is 48.1 Å². The largest absolute Gasteiger partial charge is 0.362 e. The number of hydrogen-bond acceptors (Lipinski definition) is 2. The first-order chi connectivity index (χ1) is 13.0. The van der Waals surface area contributed by atoms with Crippen LogP contribution in [-0.2, 0) is 0 Å². The van der Waals surface area contributed by atoms with E-state index in [1.54, 1.807) is 0 Å². The smallest absolute Gasteiger partial charge is 0.171 e. The lowest BCUT2D eigenvalue weighted by atomic mass is 10.1. The lowest BCUT2D eigenvalue weighted by Crippen LogP contribution is -2.40. The molecule has 0 spiro atoms. The van der Waals surface area contributed by atoms with Crippen LogP contribution in [0.1, 0.15) is 19.8 Å². The first-order valence-electron chi connectivity index (χ1n) is 8.61. The maximum Gasteiger partial charge on any atom is 0.171 e. The summed E-state index contributed by atoms with van der Waals surface area (Å²) in [6.45, 7) is 2.81. The van der Waals surface area contributed by atoms with E-state index in [-0.39, 0.29) is 6.04 Å². The molecule has 1 unspecified atom stereocenters. The van der Waals surface area contributed by atoms with E-state index in [4.69, 9.17) is 47.6 Å². The van der Waals surface area contributed by atoms with E-state index in [1.165, 1.54) is 0 Å². The zero-order valence-electron chi connectivity index (χ0n) is 14.9. The van der Waals surface area contributed by atoms with Gasteiger partial charge >= 0.3 is 0 Å². The van der Waals surface area contributed by atoms with Crippen molar-refractivity contribution >= 4 is 69.2 Å². The quantitative estimate of drug-likeness (QED) is 0.430. The lowest BCUT2D eigenvalue weighted by molar-refractivity contribution is 0.542. The lowest BCUT2D eigenvalue weighted by Gasteiger charge is -2.20. The molecule has 0 bridgehead atoms. The Kier molecular flexibility index (Phi) is 9.07. The third-order valence-corrected chi connectivity index (χ3v) is 4.98. The minimum Gasteiger partial charge on any atom is -0.362 e. The summed E-state index contributed by atoms with van der Waals surface area (Å²) < 4.78 is 0. The van der Waals surface area contributed by atoms with Crippen LogP contribution in [0.2, 0.25) is 10.0 Å². The third-order valence-electron chi connectivity index (χ3n) is 3.85. The zero-order chi connectivity index (χ0) is 19.6. The molecule has 0 aromatic heterocycles. The highest BCUT2D eigenvalue weighted by Crippen LogP contribution is 2.21. The van der Waals surface area contributed by atoms with Gasteiger partial charge in [-0.15, -0.1) is 0 Å². The van der Waals surface area contributed by atoms with Crippen molar-refractivity contribution in [1.29, 1.82) is 0 Å². The zero-order valence-corrected chi connectivity index (χ0v) is 18.0. The number of thiocarbonyl (C=S) groups is 2. The normalized spacial score (nSPS) is 11.4. The number of nitrogens with one attached hydrogen (secondary N) is 4. The van der Waals surface area contributed by atoms with E-state index >= 15 is 0 Å². The molecule has 0 radical (unpaired) electrons. The van der Waals surface area contributed by atoms with Crippen molar-refractivity contribution in [2.45, 2.75) is 25.8 Å². The molecule has 2 rings (SSSR count). The fourth-order valence-corrected chi connectivity index (χ4v) is 3.23. The van der Waals surface area contributed by atoms with Crippen molar-refractivity contribution in [3.63, 3.8) is 0 Å². The Bertz CT molecular complexity index is 786. The van der Waals surface area contributed by atoms with Gasteiger partial charge in [0.1, 0.15) is 0 Å². The molecule has 2 aromatic carbocycles. The SMILES string of the molecule is CCC(CCNC(=S)Nc1ccccc1Cl)NC(=S)Nc1ccccc1Cl. The molecule has 2 aromatic rings. The van der Waals surface area contributed by atoms with Crippen molar-refractivity contribution < 1.29 is 0 Å². The van der Waals surface area contributed by atoms with Gasteiger partial charge in [0.2, 0.25) is 0 Å². The summed E-state index contributed by atoms with van der Waals surface area (Å²) >= 11 is 23.0. The monoisotopic (exact) mass is 440 g/mol. The van der Waals surface area contributed by atoms with Gasteiger partial charge in [0.05, 0.1) is 21.4 Å². The molecule has 0 fully saturated rings. The first-order valence-corrected chi connectivity index (χ1v) is 10.2. The van der Waals surface area contributed by atoms with E-state index < -0.39 is 0 Å². The highest BCUT2D eigenvalue weighted by molar-refractivity contribution is 7.80. The Labute approximate surface area is 181 Å². The number of anilines is 2. The predicted octanol–water partition coefficient (Wildman–Crippen LogP) is 5.44. The van der Waals surface area contributed by atoms with Crippen LogP contribution in [-0.4, -0.2) is 22.8 Å². The van der Waals surface area contributed by atoms with Crippen LogP contribution in [0.4, 0.5) is 11.4 Å². The molecular formula is C19H22Cl2N4S2. The fraction of sp³-hybridized carbons (Fsp3) is 0.263. The van der Waals surface area contributed by atoms with Crippen molar-refractivity contribution in [3.05, 3.63) is 58.6 Å². The molecule has 0 saturated carbocycles. The molecule has 0 saturated heterocycles. The molecule has 144 valence electrons. The number of halogens is 2. The van der Waals surface area contributed by atoms with Crippen LogP contribution in [0.5, 0.6) is 0 Å². The third kappa shape index (κ3) is 7.50. The fourth-order valence-electron chi connectivity index (χ4n) is 2.37. The predicted molar refractivity (Wildman–Crippen MR) is 125 cm³/mol. The summed E-state index contributed by atoms with van der Waals surface area (Å²) in [7, 11) is 0. The van der Waals surface area contributed by atoms with Crippen LogP contribution in [0.3, 0.4) is 0 Å². The van der Waals surface area contributed by atoms with Gasteiger partial charge in [-0.05, 0) is 61.5 Å². The van der Waals surface area contributed by atoms with Gasteiger partial charge in [0, 0.05) is 12.6 Å². The van der Waals surface area contributed by atoms with Gasteiger partial charge in [-0.1, -0.05) is 54.4 Å². The number of rotatable bonds is 7. The van der Waals surface area contributed by atoms with E-state index in [9.17, 15) is 0 Å². The van der Waals surface area contributed by atoms with Crippen molar-refractivity contribution in [1.82, 2.24) is 10.6 Å². The number of para-hydroxylation sites is 2.